The molecule has 0 radical (unpaired) electrons. The Kier molecular flexibility index (Phi) is 6.44. The van der Waals surface area contributed by atoms with Crippen LogP contribution < -0.4 is 16.4 Å². The summed E-state index contributed by atoms with van der Waals surface area (Å²) in [6.45, 7) is 4.77. The maximum Gasteiger partial charge on any atom is 0.228 e. The van der Waals surface area contributed by atoms with E-state index in [1.165, 1.54) is 11.3 Å². The molecule has 0 aliphatic heterocycles. The molecular formula is C12H20N4O2S. The van der Waals surface area contributed by atoms with Crippen LogP contribution in [-0.2, 0) is 16.0 Å². The maximum atomic E-state index is 11.6. The van der Waals surface area contributed by atoms with Crippen molar-refractivity contribution in [2.75, 3.05) is 18.4 Å². The van der Waals surface area contributed by atoms with E-state index in [1.807, 2.05) is 13.8 Å². The molecule has 0 aromatic carbocycles. The fraction of sp³-hybridized carbons (Fsp3) is 0.583. The molecule has 2 amide bonds. The van der Waals surface area contributed by atoms with Crippen LogP contribution in [0.15, 0.2) is 5.38 Å². The summed E-state index contributed by atoms with van der Waals surface area (Å²) in [6, 6.07) is 0. The molecule has 0 atom stereocenters. The smallest absolute Gasteiger partial charge is 0.228 e. The third kappa shape index (κ3) is 5.80. The molecule has 6 nitrogen and oxygen atoms in total. The fourth-order valence-electron chi connectivity index (χ4n) is 1.25. The molecule has 1 rings (SSSR count). The highest BCUT2D eigenvalue weighted by molar-refractivity contribution is 7.13. The molecule has 1 heterocycles. The Labute approximate surface area is 116 Å². The Hall–Kier alpha value is -1.47. The van der Waals surface area contributed by atoms with E-state index < -0.39 is 0 Å². The summed E-state index contributed by atoms with van der Waals surface area (Å²) in [6.07, 6.45) is 0.983. The molecule has 1 aromatic heterocycles. The topological polar surface area (TPSA) is 97.1 Å². The van der Waals surface area contributed by atoms with E-state index in [1.54, 1.807) is 5.38 Å². The van der Waals surface area contributed by atoms with Gasteiger partial charge in [0, 0.05) is 17.8 Å². The number of anilines is 1. The second-order valence-electron chi connectivity index (χ2n) is 4.46. The van der Waals surface area contributed by atoms with Crippen LogP contribution in [0.1, 0.15) is 26.0 Å². The van der Waals surface area contributed by atoms with Crippen molar-refractivity contribution in [3.63, 3.8) is 0 Å². The average Bonchev–Trinajstić information content (AvgIpc) is 2.76. The zero-order valence-electron chi connectivity index (χ0n) is 11.2. The van der Waals surface area contributed by atoms with Gasteiger partial charge in [0.25, 0.3) is 0 Å². The van der Waals surface area contributed by atoms with Crippen LogP contribution in [0.3, 0.4) is 0 Å². The zero-order valence-corrected chi connectivity index (χ0v) is 12.0. The minimum atomic E-state index is -0.0908. The number of carbonyl (C=O) groups excluding carboxylic acids is 2. The first kappa shape index (κ1) is 15.6. The van der Waals surface area contributed by atoms with Gasteiger partial charge >= 0.3 is 0 Å². The molecule has 0 saturated heterocycles. The van der Waals surface area contributed by atoms with Crippen molar-refractivity contribution in [2.24, 2.45) is 11.7 Å². The number of nitrogens with one attached hydrogen (secondary N) is 2. The second-order valence-corrected chi connectivity index (χ2v) is 5.32. The summed E-state index contributed by atoms with van der Waals surface area (Å²) >= 11 is 1.32. The number of thiazole rings is 1. The molecule has 1 aromatic rings. The highest BCUT2D eigenvalue weighted by Crippen LogP contribution is 2.16. The standard InChI is InChI=1S/C12H20N4O2S/c1-8(2)11(18)16-12-15-9(7-19-12)6-10(17)14-5-3-4-13/h7-8H,3-6,13H2,1-2H3,(H,14,17)(H,15,16,18). The number of nitrogens with zero attached hydrogens (tertiary/aromatic N) is 1. The van der Waals surface area contributed by atoms with Gasteiger partial charge < -0.3 is 16.4 Å². The summed E-state index contributed by atoms with van der Waals surface area (Å²) in [5.74, 6) is -0.249. The third-order valence-electron chi connectivity index (χ3n) is 2.35. The summed E-state index contributed by atoms with van der Waals surface area (Å²) in [7, 11) is 0. The van der Waals surface area contributed by atoms with Crippen LogP contribution >= 0.6 is 11.3 Å². The lowest BCUT2D eigenvalue weighted by molar-refractivity contribution is -0.120. The number of amides is 2. The molecular weight excluding hydrogens is 264 g/mol. The van der Waals surface area contributed by atoms with Gasteiger partial charge in [0.2, 0.25) is 11.8 Å². The van der Waals surface area contributed by atoms with E-state index >= 15 is 0 Å². The number of aromatic nitrogens is 1. The molecule has 7 heteroatoms. The van der Waals surface area contributed by atoms with Crippen molar-refractivity contribution < 1.29 is 9.59 Å². The highest BCUT2D eigenvalue weighted by Gasteiger charge is 2.11. The molecule has 0 bridgehead atoms. The average molecular weight is 284 g/mol. The number of carbonyl (C=O) groups is 2. The van der Waals surface area contributed by atoms with Crippen LogP contribution in [-0.4, -0.2) is 29.9 Å². The van der Waals surface area contributed by atoms with Gasteiger partial charge in [0.05, 0.1) is 12.1 Å². The minimum Gasteiger partial charge on any atom is -0.356 e. The Morgan fingerprint density at radius 1 is 1.47 bits per heavy atom. The van der Waals surface area contributed by atoms with E-state index in [9.17, 15) is 9.59 Å². The van der Waals surface area contributed by atoms with E-state index in [0.29, 0.717) is 23.9 Å². The lowest BCUT2D eigenvalue weighted by Crippen LogP contribution is -2.27. The van der Waals surface area contributed by atoms with Crippen LogP contribution in [0, 0.1) is 5.92 Å². The number of hydrogen-bond acceptors (Lipinski definition) is 5. The summed E-state index contributed by atoms with van der Waals surface area (Å²) < 4.78 is 0. The van der Waals surface area contributed by atoms with Gasteiger partial charge in [-0.3, -0.25) is 9.59 Å². The SMILES string of the molecule is CC(C)C(=O)Nc1nc(CC(=O)NCCCN)cs1. The maximum absolute atomic E-state index is 11.6. The first-order valence-electron chi connectivity index (χ1n) is 6.25. The molecule has 106 valence electrons. The zero-order chi connectivity index (χ0) is 14.3. The largest absolute Gasteiger partial charge is 0.356 e. The van der Waals surface area contributed by atoms with Crippen LogP contribution in [0.2, 0.25) is 0 Å². The molecule has 0 fully saturated rings. The van der Waals surface area contributed by atoms with E-state index in [0.717, 1.165) is 6.42 Å². The van der Waals surface area contributed by atoms with Gasteiger partial charge in [0.1, 0.15) is 0 Å². The number of hydrogen-bond donors (Lipinski definition) is 3. The van der Waals surface area contributed by atoms with Crippen molar-refractivity contribution in [1.82, 2.24) is 10.3 Å². The molecule has 0 aliphatic rings. The summed E-state index contributed by atoms with van der Waals surface area (Å²) in [5.41, 5.74) is 6.00. The van der Waals surface area contributed by atoms with Gasteiger partial charge in [-0.15, -0.1) is 11.3 Å². The second kappa shape index (κ2) is 7.85. The van der Waals surface area contributed by atoms with Gasteiger partial charge in [0.15, 0.2) is 5.13 Å². The van der Waals surface area contributed by atoms with E-state index in [-0.39, 0.29) is 24.2 Å². The van der Waals surface area contributed by atoms with Gasteiger partial charge in [-0.05, 0) is 13.0 Å². The monoisotopic (exact) mass is 284 g/mol. The van der Waals surface area contributed by atoms with Crippen LogP contribution in [0.4, 0.5) is 5.13 Å². The molecule has 0 saturated carbocycles. The summed E-state index contributed by atoms with van der Waals surface area (Å²) in [4.78, 5) is 27.2. The lowest BCUT2D eigenvalue weighted by Gasteiger charge is -2.03. The predicted molar refractivity (Wildman–Crippen MR) is 76.0 cm³/mol. The van der Waals surface area contributed by atoms with E-state index in [2.05, 4.69) is 15.6 Å². The van der Waals surface area contributed by atoms with Crippen LogP contribution in [0.5, 0.6) is 0 Å². The fourth-order valence-corrected chi connectivity index (χ4v) is 1.97. The lowest BCUT2D eigenvalue weighted by atomic mass is 10.2. The van der Waals surface area contributed by atoms with Crippen LogP contribution in [0.25, 0.3) is 0 Å². The Morgan fingerprint density at radius 3 is 2.84 bits per heavy atom. The van der Waals surface area contributed by atoms with Crippen molar-refractivity contribution >= 4 is 28.3 Å². The Morgan fingerprint density at radius 2 is 2.21 bits per heavy atom. The normalized spacial score (nSPS) is 10.5. The molecule has 0 spiro atoms. The highest BCUT2D eigenvalue weighted by atomic mass is 32.1. The van der Waals surface area contributed by atoms with Crippen molar-refractivity contribution in [2.45, 2.75) is 26.7 Å². The molecule has 4 N–H and O–H groups in total. The predicted octanol–water partition coefficient (Wildman–Crippen LogP) is 0.745. The minimum absolute atomic E-state index is 0.0757. The number of rotatable bonds is 7. The summed E-state index contributed by atoms with van der Waals surface area (Å²) in [5, 5.41) is 7.77. The van der Waals surface area contributed by atoms with Gasteiger partial charge in [-0.25, -0.2) is 4.98 Å². The Balaban J connectivity index is 2.42. The van der Waals surface area contributed by atoms with Gasteiger partial charge in [-0.2, -0.15) is 0 Å². The Bertz CT molecular complexity index is 431. The quantitative estimate of drug-likeness (QED) is 0.643. The van der Waals surface area contributed by atoms with Crippen molar-refractivity contribution in [1.29, 1.82) is 0 Å². The van der Waals surface area contributed by atoms with Gasteiger partial charge in [-0.1, -0.05) is 13.8 Å². The third-order valence-corrected chi connectivity index (χ3v) is 3.16. The van der Waals surface area contributed by atoms with Crippen molar-refractivity contribution in [3.8, 4) is 0 Å². The number of nitrogens with two attached hydrogens (primary N) is 1. The molecule has 0 unspecified atom stereocenters. The first-order chi connectivity index (χ1) is 9.02. The molecule has 0 aliphatic carbocycles. The van der Waals surface area contributed by atoms with E-state index in [4.69, 9.17) is 5.73 Å². The molecule has 19 heavy (non-hydrogen) atoms. The van der Waals surface area contributed by atoms with Crippen molar-refractivity contribution in [3.05, 3.63) is 11.1 Å². The first-order valence-corrected chi connectivity index (χ1v) is 7.13.